The molecule has 0 aliphatic carbocycles. The molecule has 0 fully saturated rings. The van der Waals surface area contributed by atoms with Crippen molar-refractivity contribution in [3.63, 3.8) is 0 Å². The van der Waals surface area contributed by atoms with Gasteiger partial charge >= 0.3 is 0 Å². The van der Waals surface area contributed by atoms with Gasteiger partial charge in [0.1, 0.15) is 11.2 Å². The monoisotopic (exact) mass is 1100 g/mol. The van der Waals surface area contributed by atoms with Crippen LogP contribution in [0.3, 0.4) is 0 Å². The van der Waals surface area contributed by atoms with Crippen LogP contribution in [0.1, 0.15) is 11.1 Å². The van der Waals surface area contributed by atoms with Crippen molar-refractivity contribution < 1.29 is 8.83 Å². The Labute approximate surface area is 493 Å². The summed E-state index contributed by atoms with van der Waals surface area (Å²) in [7, 11) is 0. The molecule has 0 unspecified atom stereocenters. The van der Waals surface area contributed by atoms with E-state index in [1.807, 2.05) is 6.07 Å². The normalized spacial score (nSPS) is 12.3. The highest BCUT2D eigenvalue weighted by Gasteiger charge is 2.32. The number of rotatable bonds is 8. The number of para-hydroxylation sites is 7. The highest BCUT2D eigenvalue weighted by atomic mass is 16.3. The summed E-state index contributed by atoms with van der Waals surface area (Å²) in [5.74, 6) is 0. The Morgan fingerprint density at radius 3 is 1.34 bits per heavy atom. The van der Waals surface area contributed by atoms with Crippen LogP contribution in [0.5, 0.6) is 0 Å². The Kier molecular flexibility index (Phi) is 9.65. The molecule has 0 amide bonds. The van der Waals surface area contributed by atoms with Crippen molar-refractivity contribution in [1.82, 2.24) is 8.80 Å². The van der Waals surface area contributed by atoms with E-state index in [9.17, 15) is 0 Å². The Morgan fingerprint density at radius 2 is 0.744 bits per heavy atom. The molecule has 0 saturated heterocycles. The largest absolute Gasteiger partial charge is 0.454 e. The number of aryl methyl sites for hydroxylation is 2. The Hall–Kier alpha value is -11.3. The van der Waals surface area contributed by atoms with Crippen molar-refractivity contribution in [2.75, 3.05) is 9.80 Å². The van der Waals surface area contributed by atoms with Crippen LogP contribution in [0, 0.1) is 13.8 Å². The van der Waals surface area contributed by atoms with Crippen LogP contribution in [-0.2, 0) is 0 Å². The third kappa shape index (κ3) is 6.34. The number of fused-ring (bicyclic) bond motifs is 18. The van der Waals surface area contributed by atoms with Gasteiger partial charge in [-0.25, -0.2) is 0 Å². The maximum Gasteiger partial charge on any atom is 0.159 e. The van der Waals surface area contributed by atoms with Crippen LogP contribution in [0.2, 0.25) is 0 Å². The van der Waals surface area contributed by atoms with Gasteiger partial charge in [-0.15, -0.1) is 0 Å². The van der Waals surface area contributed by atoms with Gasteiger partial charge in [-0.2, -0.15) is 0 Å². The number of nitrogens with zero attached hydrogens (tertiary/aromatic N) is 4. The van der Waals surface area contributed by atoms with Gasteiger partial charge in [-0.05, 0) is 109 Å². The van der Waals surface area contributed by atoms with E-state index in [0.29, 0.717) is 0 Å². The maximum atomic E-state index is 6.84. The van der Waals surface area contributed by atoms with Gasteiger partial charge < -0.3 is 27.4 Å². The molecule has 0 bridgehead atoms. The Balaban J connectivity index is 0.913. The lowest BCUT2D eigenvalue weighted by Gasteiger charge is -2.27. The van der Waals surface area contributed by atoms with Crippen LogP contribution in [0.4, 0.5) is 34.1 Å². The minimum atomic E-state index is 0.862. The minimum absolute atomic E-state index is 0.862. The second kappa shape index (κ2) is 17.6. The molecule has 402 valence electrons. The van der Waals surface area contributed by atoms with Crippen LogP contribution in [-0.4, -0.2) is 8.80 Å². The van der Waals surface area contributed by atoms with E-state index in [0.717, 1.165) is 94.6 Å². The quantitative estimate of drug-likeness (QED) is 0.152. The fourth-order valence-electron chi connectivity index (χ4n) is 15.0. The summed E-state index contributed by atoms with van der Waals surface area (Å²) in [4.78, 5) is 4.79. The van der Waals surface area contributed by atoms with E-state index in [4.69, 9.17) is 8.83 Å². The maximum absolute atomic E-state index is 6.84. The summed E-state index contributed by atoms with van der Waals surface area (Å²) in [6, 6.07) is 97.5. The van der Waals surface area contributed by atoms with E-state index in [1.165, 1.54) is 93.0 Å². The van der Waals surface area contributed by atoms with Gasteiger partial charge in [0, 0.05) is 98.5 Å². The molecule has 0 N–H and O–H groups in total. The van der Waals surface area contributed by atoms with Crippen molar-refractivity contribution >= 4 is 154 Å². The molecule has 6 nitrogen and oxygen atoms in total. The van der Waals surface area contributed by atoms with Crippen molar-refractivity contribution in [2.24, 2.45) is 0 Å². The molecule has 86 heavy (non-hydrogen) atoms. The Morgan fingerprint density at radius 1 is 0.291 bits per heavy atom. The van der Waals surface area contributed by atoms with Crippen molar-refractivity contribution in [3.05, 3.63) is 278 Å². The molecule has 13 aromatic carbocycles. The molecule has 0 radical (unpaired) electrons. The zero-order chi connectivity index (χ0) is 56.5. The zero-order valence-corrected chi connectivity index (χ0v) is 47.0. The molecule has 0 saturated carbocycles. The molecule has 0 spiro atoms. The molecule has 19 aromatic rings. The molecule has 19 rings (SSSR count). The van der Waals surface area contributed by atoms with Gasteiger partial charge in [0.25, 0.3) is 0 Å². The number of hydrogen-bond donors (Lipinski definition) is 0. The second-order valence-electron chi connectivity index (χ2n) is 23.2. The first-order valence-corrected chi connectivity index (χ1v) is 29.6. The van der Waals surface area contributed by atoms with Gasteiger partial charge in [-0.3, -0.25) is 0 Å². The van der Waals surface area contributed by atoms with Crippen LogP contribution in [0.15, 0.2) is 276 Å². The highest BCUT2D eigenvalue weighted by molar-refractivity contribution is 6.38. The molecule has 0 aliphatic heterocycles. The van der Waals surface area contributed by atoms with E-state index in [1.54, 1.807) is 0 Å². The third-order valence-corrected chi connectivity index (χ3v) is 18.6. The third-order valence-electron chi connectivity index (χ3n) is 18.6. The average Bonchev–Trinajstić information content (AvgIpc) is 2.67. The fourth-order valence-corrected chi connectivity index (χ4v) is 15.0. The average molecular weight is 1100 g/mol. The Bertz CT molecular complexity index is 5780. The summed E-state index contributed by atoms with van der Waals surface area (Å²) >= 11 is 0. The van der Waals surface area contributed by atoms with Crippen LogP contribution < -0.4 is 9.80 Å². The van der Waals surface area contributed by atoms with Crippen molar-refractivity contribution in [1.29, 1.82) is 0 Å². The van der Waals surface area contributed by atoms with Gasteiger partial charge in [0.05, 0.1) is 44.5 Å². The van der Waals surface area contributed by atoms with Gasteiger partial charge in [-0.1, -0.05) is 194 Å². The van der Waals surface area contributed by atoms with E-state index in [2.05, 4.69) is 293 Å². The predicted molar refractivity (Wildman–Crippen MR) is 360 cm³/mol. The summed E-state index contributed by atoms with van der Waals surface area (Å²) in [5, 5.41) is 14.1. The minimum Gasteiger partial charge on any atom is -0.454 e. The highest BCUT2D eigenvalue weighted by Crippen LogP contribution is 2.56. The standard InChI is InChI=1S/C80H50N4O2/c1-47-21-12-15-35-64(47)82(67-36-20-32-58-54-28-13-16-37-68(54)85-79(58)67)53-41-44-66-63(46-53)57-31-19-34-61-73-70(49-22-6-3-7-23-49)77-72(71(50-24-8-4-9-25-50)78(73)84(66)76(57)61)60-33-18-30-56-62-45-52(40-43-65(62)83(77)75(56)60)81(51-26-10-5-11-27-51)74-48(2)39-42-59-55-29-14-17-38-69(55)86-80(59)74/h3-46H,1-2H3. The molecule has 6 heteroatoms. The molecule has 6 heterocycles. The zero-order valence-electron chi connectivity index (χ0n) is 47.0. The number of anilines is 6. The van der Waals surface area contributed by atoms with Crippen LogP contribution in [0.25, 0.3) is 142 Å². The lowest BCUT2D eigenvalue weighted by atomic mass is 9.89. The summed E-state index contributed by atoms with van der Waals surface area (Å²) in [5.41, 5.74) is 24.0. The van der Waals surface area contributed by atoms with Gasteiger partial charge in [0.2, 0.25) is 0 Å². The topological polar surface area (TPSA) is 41.6 Å². The molecular formula is C80H50N4O2. The van der Waals surface area contributed by atoms with Crippen molar-refractivity contribution in [3.8, 4) is 22.3 Å². The number of benzene rings is 13. The molecule has 6 aromatic heterocycles. The SMILES string of the molecule is Cc1ccccc1N(c1ccc2c(c1)c1cccc3c4c(-c5ccccc5)c5c(c(-c6ccccc6)c4n2c13)c1cccc2c3cc(N(c4ccccc4)c4c(C)ccc6c4oc4ccccc46)ccc3n5c21)c1cccc2c1oc1ccccc12. The molecular weight excluding hydrogens is 1050 g/mol. The molecule has 0 aliphatic rings. The number of hydrogen-bond acceptors (Lipinski definition) is 4. The van der Waals surface area contributed by atoms with Crippen molar-refractivity contribution in [2.45, 2.75) is 13.8 Å². The van der Waals surface area contributed by atoms with E-state index < -0.39 is 0 Å². The second-order valence-corrected chi connectivity index (χ2v) is 23.2. The van der Waals surface area contributed by atoms with Gasteiger partial charge in [0.15, 0.2) is 11.2 Å². The first kappa shape index (κ1) is 47.2. The molecule has 0 atom stereocenters. The fraction of sp³-hybridized carbons (Fsp3) is 0.0250. The summed E-state index contributed by atoms with van der Waals surface area (Å²) < 4.78 is 18.8. The first-order chi connectivity index (χ1) is 42.6. The summed E-state index contributed by atoms with van der Waals surface area (Å²) in [6.45, 7) is 4.39. The smallest absolute Gasteiger partial charge is 0.159 e. The predicted octanol–water partition coefficient (Wildman–Crippen LogP) is 22.7. The van der Waals surface area contributed by atoms with E-state index in [-0.39, 0.29) is 0 Å². The number of aromatic nitrogens is 2. The number of furan rings is 2. The van der Waals surface area contributed by atoms with Crippen LogP contribution >= 0.6 is 0 Å². The first-order valence-electron chi connectivity index (χ1n) is 29.6. The lowest BCUT2D eigenvalue weighted by molar-refractivity contribution is 0.668. The lowest BCUT2D eigenvalue weighted by Crippen LogP contribution is -2.11. The summed E-state index contributed by atoms with van der Waals surface area (Å²) in [6.07, 6.45) is 0. The van der Waals surface area contributed by atoms with E-state index >= 15 is 0 Å².